The molecule has 1 atom stereocenters. The van der Waals surface area contributed by atoms with E-state index in [-0.39, 0.29) is 17.9 Å². The number of nitrogens with zero attached hydrogens (tertiary/aromatic N) is 2. The topological polar surface area (TPSA) is 56.1 Å². The Bertz CT molecular complexity index is 870. The smallest absolute Gasteiger partial charge is 0.225 e. The van der Waals surface area contributed by atoms with Crippen LogP contribution in [0.15, 0.2) is 67.0 Å². The van der Waals surface area contributed by atoms with Crippen molar-refractivity contribution >= 4 is 5.91 Å². The van der Waals surface area contributed by atoms with Gasteiger partial charge in [-0.3, -0.25) is 4.79 Å². The fourth-order valence-electron chi connectivity index (χ4n) is 3.03. The highest BCUT2D eigenvalue weighted by Crippen LogP contribution is 2.24. The fraction of sp³-hybridized carbons (Fsp3) is 0.273. The van der Waals surface area contributed by atoms with Gasteiger partial charge in [-0.25, -0.2) is 4.68 Å². The molecule has 0 aliphatic carbocycles. The molecule has 0 aliphatic heterocycles. The number of hydrogen-bond acceptors (Lipinski definition) is 3. The molecule has 3 rings (SSSR count). The maximum Gasteiger partial charge on any atom is 0.225 e. The Labute approximate surface area is 160 Å². The van der Waals surface area contributed by atoms with Gasteiger partial charge in [0.2, 0.25) is 5.91 Å². The summed E-state index contributed by atoms with van der Waals surface area (Å²) >= 11 is 0. The van der Waals surface area contributed by atoms with Crippen molar-refractivity contribution in [3.05, 3.63) is 78.1 Å². The minimum absolute atomic E-state index is 0.0165. The van der Waals surface area contributed by atoms with Crippen LogP contribution in [-0.4, -0.2) is 22.8 Å². The monoisotopic (exact) mass is 363 g/mol. The second kappa shape index (κ2) is 8.54. The van der Waals surface area contributed by atoms with Gasteiger partial charge in [0.05, 0.1) is 31.5 Å². The number of ether oxygens (including phenoxy) is 1. The van der Waals surface area contributed by atoms with Crippen molar-refractivity contribution in [3.8, 4) is 11.4 Å². The lowest BCUT2D eigenvalue weighted by Crippen LogP contribution is -2.32. The van der Waals surface area contributed by atoms with Gasteiger partial charge < -0.3 is 10.1 Å². The number of rotatable bonds is 7. The highest BCUT2D eigenvalue weighted by Gasteiger charge is 2.19. The molecule has 0 aliphatic rings. The van der Waals surface area contributed by atoms with Crippen molar-refractivity contribution in [1.82, 2.24) is 15.1 Å². The van der Waals surface area contributed by atoms with Gasteiger partial charge in [0.25, 0.3) is 0 Å². The molecule has 2 aromatic carbocycles. The van der Waals surface area contributed by atoms with E-state index in [0.29, 0.717) is 6.42 Å². The zero-order valence-corrected chi connectivity index (χ0v) is 15.9. The first-order chi connectivity index (χ1) is 13.1. The third kappa shape index (κ3) is 4.76. The van der Waals surface area contributed by atoms with E-state index in [1.807, 2.05) is 60.8 Å². The summed E-state index contributed by atoms with van der Waals surface area (Å²) in [6, 6.07) is 17.6. The zero-order chi connectivity index (χ0) is 19.2. The molecule has 1 amide bonds. The van der Waals surface area contributed by atoms with Crippen LogP contribution in [0.3, 0.4) is 0 Å². The summed E-state index contributed by atoms with van der Waals surface area (Å²) in [4.78, 5) is 12.6. The van der Waals surface area contributed by atoms with Gasteiger partial charge in [-0.05, 0) is 41.3 Å². The van der Waals surface area contributed by atoms with Crippen LogP contribution in [0.1, 0.15) is 31.0 Å². The predicted octanol–water partition coefficient (Wildman–Crippen LogP) is 3.94. The maximum absolute atomic E-state index is 12.6. The average Bonchev–Trinajstić information content (AvgIpc) is 3.15. The molecule has 0 saturated carbocycles. The summed E-state index contributed by atoms with van der Waals surface area (Å²) < 4.78 is 7.00. The summed E-state index contributed by atoms with van der Waals surface area (Å²) in [6.45, 7) is 4.20. The van der Waals surface area contributed by atoms with Gasteiger partial charge in [-0.15, -0.1) is 0 Å². The zero-order valence-electron chi connectivity index (χ0n) is 15.9. The lowest BCUT2D eigenvalue weighted by molar-refractivity contribution is -0.121. The number of amides is 1. The van der Waals surface area contributed by atoms with E-state index in [1.54, 1.807) is 18.0 Å². The lowest BCUT2D eigenvalue weighted by atomic mass is 9.95. The van der Waals surface area contributed by atoms with Crippen molar-refractivity contribution in [2.24, 2.45) is 5.92 Å². The summed E-state index contributed by atoms with van der Waals surface area (Å²) in [7, 11) is 1.65. The molecule has 1 aromatic heterocycles. The van der Waals surface area contributed by atoms with Crippen LogP contribution >= 0.6 is 0 Å². The SMILES string of the molecule is COc1ccc(C(NC(=O)Cc2cnn(-c3ccccc3)c2)C(C)C)cc1. The number of para-hydroxylation sites is 1. The molecule has 27 heavy (non-hydrogen) atoms. The first-order valence-corrected chi connectivity index (χ1v) is 9.09. The number of methoxy groups -OCH3 is 1. The summed E-state index contributed by atoms with van der Waals surface area (Å²) in [5.41, 5.74) is 2.93. The normalized spacial score (nSPS) is 12.0. The van der Waals surface area contributed by atoms with E-state index < -0.39 is 0 Å². The molecule has 0 fully saturated rings. The Morgan fingerprint density at radius 1 is 1.11 bits per heavy atom. The van der Waals surface area contributed by atoms with Crippen molar-refractivity contribution < 1.29 is 9.53 Å². The van der Waals surface area contributed by atoms with E-state index in [4.69, 9.17) is 4.74 Å². The first-order valence-electron chi connectivity index (χ1n) is 9.09. The lowest BCUT2D eigenvalue weighted by Gasteiger charge is -2.23. The third-order valence-electron chi connectivity index (χ3n) is 4.48. The quantitative estimate of drug-likeness (QED) is 0.692. The van der Waals surface area contributed by atoms with Crippen LogP contribution in [0.25, 0.3) is 5.69 Å². The minimum atomic E-state index is -0.0485. The third-order valence-corrected chi connectivity index (χ3v) is 4.48. The van der Waals surface area contributed by atoms with E-state index >= 15 is 0 Å². The second-order valence-corrected chi connectivity index (χ2v) is 6.87. The fourth-order valence-corrected chi connectivity index (χ4v) is 3.03. The number of hydrogen-bond donors (Lipinski definition) is 1. The van der Waals surface area contributed by atoms with Gasteiger partial charge >= 0.3 is 0 Å². The second-order valence-electron chi connectivity index (χ2n) is 6.87. The summed E-state index contributed by atoms with van der Waals surface area (Å²) in [5.74, 6) is 1.06. The minimum Gasteiger partial charge on any atom is -0.497 e. The summed E-state index contributed by atoms with van der Waals surface area (Å²) in [5, 5.41) is 7.50. The molecule has 0 bridgehead atoms. The van der Waals surface area contributed by atoms with Crippen LogP contribution in [0.2, 0.25) is 0 Å². The molecule has 0 radical (unpaired) electrons. The van der Waals surface area contributed by atoms with Crippen molar-refractivity contribution in [2.45, 2.75) is 26.3 Å². The molecule has 0 saturated heterocycles. The molecule has 0 spiro atoms. The molecule has 140 valence electrons. The molecule has 1 heterocycles. The van der Waals surface area contributed by atoms with Crippen molar-refractivity contribution in [3.63, 3.8) is 0 Å². The maximum atomic E-state index is 12.6. The Hall–Kier alpha value is -3.08. The van der Waals surface area contributed by atoms with E-state index in [9.17, 15) is 4.79 Å². The molecular formula is C22H25N3O2. The van der Waals surface area contributed by atoms with Gasteiger partial charge in [-0.2, -0.15) is 5.10 Å². The number of nitrogens with one attached hydrogen (secondary N) is 1. The molecule has 3 aromatic rings. The molecule has 5 heteroatoms. The molecule has 5 nitrogen and oxygen atoms in total. The highest BCUT2D eigenvalue weighted by molar-refractivity contribution is 5.79. The van der Waals surface area contributed by atoms with Crippen LogP contribution in [0, 0.1) is 5.92 Å². The predicted molar refractivity (Wildman–Crippen MR) is 106 cm³/mol. The average molecular weight is 363 g/mol. The van der Waals surface area contributed by atoms with Gasteiger partial charge in [0.1, 0.15) is 5.75 Å². The van der Waals surface area contributed by atoms with E-state index in [1.165, 1.54) is 0 Å². The first kappa shape index (κ1) is 18.7. The standard InChI is InChI=1S/C22H25N3O2/c1-16(2)22(18-9-11-20(27-3)12-10-18)24-21(26)13-17-14-23-25(15-17)19-7-5-4-6-8-19/h4-12,14-16,22H,13H2,1-3H3,(H,24,26). The number of aromatic nitrogens is 2. The van der Waals surface area contributed by atoms with Crippen LogP contribution in [0.4, 0.5) is 0 Å². The molecular weight excluding hydrogens is 338 g/mol. The van der Waals surface area contributed by atoms with Crippen molar-refractivity contribution in [2.75, 3.05) is 7.11 Å². The van der Waals surface area contributed by atoms with E-state index in [2.05, 4.69) is 24.3 Å². The highest BCUT2D eigenvalue weighted by atomic mass is 16.5. The number of benzene rings is 2. The summed E-state index contributed by atoms with van der Waals surface area (Å²) in [6.07, 6.45) is 3.93. The molecule has 1 unspecified atom stereocenters. The Kier molecular flexibility index (Phi) is 5.91. The Morgan fingerprint density at radius 2 is 1.81 bits per heavy atom. The van der Waals surface area contributed by atoms with Crippen LogP contribution in [-0.2, 0) is 11.2 Å². The Morgan fingerprint density at radius 3 is 2.44 bits per heavy atom. The Balaban J connectivity index is 1.67. The van der Waals surface area contributed by atoms with Gasteiger partial charge in [0, 0.05) is 6.20 Å². The van der Waals surface area contributed by atoms with Gasteiger partial charge in [-0.1, -0.05) is 44.2 Å². The largest absolute Gasteiger partial charge is 0.497 e. The molecule has 1 N–H and O–H groups in total. The number of carbonyl (C=O) groups excluding carboxylic acids is 1. The van der Waals surface area contributed by atoms with Crippen molar-refractivity contribution in [1.29, 1.82) is 0 Å². The number of carbonyl (C=O) groups is 1. The van der Waals surface area contributed by atoms with Gasteiger partial charge in [0.15, 0.2) is 0 Å². The van der Waals surface area contributed by atoms with Crippen LogP contribution < -0.4 is 10.1 Å². The van der Waals surface area contributed by atoms with Crippen LogP contribution in [0.5, 0.6) is 5.75 Å². The van der Waals surface area contributed by atoms with E-state index in [0.717, 1.165) is 22.6 Å².